The van der Waals surface area contributed by atoms with Crippen molar-refractivity contribution < 1.29 is 33.0 Å². The highest BCUT2D eigenvalue weighted by atomic mass is 28.4. The van der Waals surface area contributed by atoms with Gasteiger partial charge in [-0.1, -0.05) is 12.2 Å². The minimum Gasteiger partial charge on any atom is -0.469 e. The molecule has 34 heavy (non-hydrogen) atoms. The Morgan fingerprint density at radius 2 is 1.59 bits per heavy atom. The van der Waals surface area contributed by atoms with Crippen molar-refractivity contribution in [3.8, 4) is 0 Å². The van der Waals surface area contributed by atoms with Crippen molar-refractivity contribution in [1.29, 1.82) is 0 Å². The maximum absolute atomic E-state index is 14.0. The van der Waals surface area contributed by atoms with Crippen LogP contribution in [0.1, 0.15) is 45.4 Å². The third-order valence-electron chi connectivity index (χ3n) is 9.48. The Bertz CT molecular complexity index is 909. The van der Waals surface area contributed by atoms with Crippen molar-refractivity contribution >= 4 is 26.2 Å². The minimum absolute atomic E-state index is 0.117. The smallest absolute Gasteiger partial charge is 0.312 e. The molecule has 0 aromatic rings. The molecule has 190 valence electrons. The molecule has 0 aromatic heterocycles. The molecular weight excluding hydrogens is 452 g/mol. The number of hydrogen-bond donors (Lipinski definition) is 0. The fraction of sp³-hybridized carbons (Fsp3) is 0.808. The van der Waals surface area contributed by atoms with Crippen molar-refractivity contribution in [2.24, 2.45) is 39.9 Å². The first-order valence-electron chi connectivity index (χ1n) is 12.4. The summed E-state index contributed by atoms with van der Waals surface area (Å²) in [7, 11) is 2.17. The maximum atomic E-state index is 14.0. The summed E-state index contributed by atoms with van der Waals surface area (Å²) in [6.07, 6.45) is 3.73. The number of rotatable bonds is 5. The van der Waals surface area contributed by atoms with Crippen LogP contribution in [0, 0.1) is 39.9 Å². The van der Waals surface area contributed by atoms with Crippen LogP contribution in [-0.2, 0) is 33.0 Å². The van der Waals surface area contributed by atoms with Crippen LogP contribution in [0.2, 0.25) is 19.6 Å². The third-order valence-corrected chi connectivity index (χ3v) is 10.5. The van der Waals surface area contributed by atoms with Crippen molar-refractivity contribution in [3.63, 3.8) is 0 Å². The van der Waals surface area contributed by atoms with E-state index in [2.05, 4.69) is 26.2 Å². The number of carbonyl (C=O) groups excluding carboxylic acids is 3. The van der Waals surface area contributed by atoms with Gasteiger partial charge in [0.15, 0.2) is 8.32 Å². The molecule has 0 radical (unpaired) electrons. The first-order valence-corrected chi connectivity index (χ1v) is 15.8. The molecule has 4 aliphatic carbocycles. The summed E-state index contributed by atoms with van der Waals surface area (Å²) in [6.45, 7) is 12.5. The largest absolute Gasteiger partial charge is 0.469 e. The summed E-state index contributed by atoms with van der Waals surface area (Å²) in [5, 5.41) is 0. The molecule has 0 amide bonds. The lowest BCUT2D eigenvalue weighted by Gasteiger charge is -2.53. The molecule has 2 bridgehead atoms. The minimum atomic E-state index is -2.00. The van der Waals surface area contributed by atoms with E-state index in [1.54, 1.807) is 0 Å². The Kier molecular flexibility index (Phi) is 6.12. The quantitative estimate of drug-likeness (QED) is 0.247. The molecule has 7 nitrogen and oxygen atoms in total. The van der Waals surface area contributed by atoms with Crippen molar-refractivity contribution in [2.45, 2.75) is 71.2 Å². The second kappa shape index (κ2) is 8.19. The van der Waals surface area contributed by atoms with E-state index in [0.717, 1.165) is 24.8 Å². The van der Waals surface area contributed by atoms with Gasteiger partial charge in [0.1, 0.15) is 0 Å². The molecule has 0 heterocycles. The highest BCUT2D eigenvalue weighted by Crippen LogP contribution is 2.78. The number of methoxy groups -OCH3 is 3. The van der Waals surface area contributed by atoms with Crippen LogP contribution >= 0.6 is 0 Å². The number of esters is 3. The topological polar surface area (TPSA) is 88.1 Å². The molecule has 8 heteroatoms. The molecule has 4 rings (SSSR count). The van der Waals surface area contributed by atoms with Gasteiger partial charge in [0, 0.05) is 12.0 Å². The summed E-state index contributed by atoms with van der Waals surface area (Å²) in [6, 6.07) is 0. The lowest BCUT2D eigenvalue weighted by atomic mass is 9.51. The van der Waals surface area contributed by atoms with Crippen LogP contribution in [-0.4, -0.2) is 53.7 Å². The van der Waals surface area contributed by atoms with Gasteiger partial charge in [-0.05, 0) is 82.3 Å². The Labute approximate surface area is 204 Å². The number of carbonyl (C=O) groups is 3. The first-order chi connectivity index (χ1) is 15.8. The molecular formula is C26H40O7Si. The monoisotopic (exact) mass is 492 g/mol. The van der Waals surface area contributed by atoms with Gasteiger partial charge in [0.05, 0.1) is 38.1 Å². The average Bonchev–Trinajstić information content (AvgIpc) is 3.18. The van der Waals surface area contributed by atoms with Crippen molar-refractivity contribution in [2.75, 3.05) is 21.3 Å². The van der Waals surface area contributed by atoms with E-state index >= 15 is 0 Å². The summed E-state index contributed by atoms with van der Waals surface area (Å²) in [5.41, 5.74) is -1.47. The summed E-state index contributed by atoms with van der Waals surface area (Å²) >= 11 is 0. The Morgan fingerprint density at radius 3 is 2.15 bits per heavy atom. The van der Waals surface area contributed by atoms with Crippen LogP contribution in [0.3, 0.4) is 0 Å². The van der Waals surface area contributed by atoms with E-state index in [4.69, 9.17) is 18.6 Å². The standard InChI is InChI=1S/C26H40O7Si/c1-15-11-25-12-16(15)9-10-18(25)26(23(29)32-5)14-17(33-34(6,7)8)13-24(2,22(28)31-4)20(26)19(25)21(27)30-3/h16-20H,1,9-14H2,2-8H3/t16-,17-,18?,19-,20?,24?,25+,26-/m1/s1. The van der Waals surface area contributed by atoms with Gasteiger partial charge in [0.2, 0.25) is 0 Å². The van der Waals surface area contributed by atoms with E-state index in [1.165, 1.54) is 21.3 Å². The Morgan fingerprint density at radius 1 is 0.941 bits per heavy atom. The van der Waals surface area contributed by atoms with E-state index in [1.807, 2.05) is 6.92 Å². The fourth-order valence-electron chi connectivity index (χ4n) is 8.86. The van der Waals surface area contributed by atoms with E-state index in [0.29, 0.717) is 25.2 Å². The maximum Gasteiger partial charge on any atom is 0.312 e. The van der Waals surface area contributed by atoms with Crippen molar-refractivity contribution in [3.05, 3.63) is 12.2 Å². The second-order valence-electron chi connectivity index (χ2n) is 12.3. The first kappa shape index (κ1) is 25.4. The summed E-state index contributed by atoms with van der Waals surface area (Å²) in [4.78, 5) is 41.1. The predicted octanol–water partition coefficient (Wildman–Crippen LogP) is 4.12. The summed E-state index contributed by atoms with van der Waals surface area (Å²) < 4.78 is 22.8. The molecule has 0 aliphatic heterocycles. The van der Waals surface area contributed by atoms with Gasteiger partial charge >= 0.3 is 17.9 Å². The van der Waals surface area contributed by atoms with E-state index in [9.17, 15) is 14.4 Å². The second-order valence-corrected chi connectivity index (χ2v) is 16.7. The lowest BCUT2D eigenvalue weighted by molar-refractivity contribution is -0.189. The summed E-state index contributed by atoms with van der Waals surface area (Å²) in [5.74, 6) is -2.10. The van der Waals surface area contributed by atoms with Gasteiger partial charge < -0.3 is 18.6 Å². The molecule has 3 unspecified atom stereocenters. The average molecular weight is 493 g/mol. The van der Waals surface area contributed by atoms with Crippen LogP contribution < -0.4 is 0 Å². The molecule has 8 atom stereocenters. The highest BCUT2D eigenvalue weighted by molar-refractivity contribution is 6.69. The van der Waals surface area contributed by atoms with Gasteiger partial charge in [0.25, 0.3) is 0 Å². The molecule has 0 saturated heterocycles. The SMILES string of the molecule is C=C1C[C@]23C[C@H]1CCC2[C@]1(C(=O)OC)C[C@H](O[Si](C)(C)C)CC(C)(C(=O)OC)C1[C@@H]3C(=O)OC. The fourth-order valence-corrected chi connectivity index (χ4v) is 10.0. The molecule has 4 aliphatic rings. The third kappa shape index (κ3) is 3.34. The number of fused-ring (bicyclic) bond motifs is 3. The molecule has 4 fully saturated rings. The Hall–Kier alpha value is -1.67. The highest BCUT2D eigenvalue weighted by Gasteiger charge is 2.80. The zero-order valence-corrected chi connectivity index (χ0v) is 22.7. The van der Waals surface area contributed by atoms with Gasteiger partial charge in [-0.2, -0.15) is 0 Å². The predicted molar refractivity (Wildman–Crippen MR) is 128 cm³/mol. The zero-order valence-electron chi connectivity index (χ0n) is 21.7. The van der Waals surface area contributed by atoms with Crippen LogP contribution in [0.15, 0.2) is 12.2 Å². The molecule has 4 saturated carbocycles. The van der Waals surface area contributed by atoms with Crippen LogP contribution in [0.25, 0.3) is 0 Å². The van der Waals surface area contributed by atoms with Gasteiger partial charge in [-0.25, -0.2) is 0 Å². The number of ether oxygens (including phenoxy) is 3. The zero-order chi connectivity index (χ0) is 25.3. The Balaban J connectivity index is 2.00. The van der Waals surface area contributed by atoms with Gasteiger partial charge in [-0.3, -0.25) is 14.4 Å². The van der Waals surface area contributed by atoms with E-state index in [-0.39, 0.29) is 24.0 Å². The normalized spacial score (nSPS) is 43.0. The lowest BCUT2D eigenvalue weighted by Crippen LogP contribution is -2.60. The van der Waals surface area contributed by atoms with E-state index < -0.39 is 42.4 Å². The van der Waals surface area contributed by atoms with Crippen molar-refractivity contribution in [1.82, 2.24) is 0 Å². The molecule has 1 spiro atoms. The number of allylic oxidation sites excluding steroid dienone is 1. The number of hydrogen-bond acceptors (Lipinski definition) is 7. The molecule has 0 aromatic carbocycles. The molecule has 0 N–H and O–H groups in total. The van der Waals surface area contributed by atoms with Crippen LogP contribution in [0.4, 0.5) is 0 Å². The van der Waals surface area contributed by atoms with Crippen LogP contribution in [0.5, 0.6) is 0 Å². The van der Waals surface area contributed by atoms with Gasteiger partial charge in [-0.15, -0.1) is 0 Å².